The van der Waals surface area contributed by atoms with E-state index in [4.69, 9.17) is 10.5 Å². The van der Waals surface area contributed by atoms with E-state index in [-0.39, 0.29) is 53.8 Å². The average Bonchev–Trinajstić information content (AvgIpc) is 3.51. The number of amides is 1. The number of halogens is 2. The van der Waals surface area contributed by atoms with Gasteiger partial charge in [0.2, 0.25) is 0 Å². The molecule has 0 bridgehead atoms. The summed E-state index contributed by atoms with van der Waals surface area (Å²) in [5.74, 6) is -1.37. The number of benzene rings is 2. The van der Waals surface area contributed by atoms with E-state index >= 15 is 0 Å². The molecule has 0 saturated heterocycles. The normalized spacial score (nSPS) is 16.2. The van der Waals surface area contributed by atoms with Crippen LogP contribution in [0, 0.1) is 0 Å². The van der Waals surface area contributed by atoms with Crippen molar-refractivity contribution in [2.24, 2.45) is 5.73 Å². The van der Waals surface area contributed by atoms with E-state index in [0.717, 1.165) is 8.95 Å². The molecule has 2 aromatic carbocycles. The fraction of sp³-hybridized carbons (Fsp3) is 0.286. The Morgan fingerprint density at radius 1 is 0.818 bits per heavy atom. The van der Waals surface area contributed by atoms with Gasteiger partial charge in [0.25, 0.3) is 5.91 Å². The fourth-order valence-electron chi connectivity index (χ4n) is 5.07. The lowest BCUT2D eigenvalue weighted by Crippen LogP contribution is -2.22. The highest BCUT2D eigenvalue weighted by Crippen LogP contribution is 2.29. The predicted octanol–water partition coefficient (Wildman–Crippen LogP) is 3.49. The van der Waals surface area contributed by atoms with Gasteiger partial charge in [-0.1, -0.05) is 44.0 Å². The van der Waals surface area contributed by atoms with Crippen molar-refractivity contribution < 1.29 is 31.2 Å². The summed E-state index contributed by atoms with van der Waals surface area (Å²) in [7, 11) is -6.36. The van der Waals surface area contributed by atoms with Crippen LogP contribution in [-0.2, 0) is 48.8 Å². The smallest absolute Gasteiger partial charge is 0.359 e. The topological polar surface area (TPSA) is 173 Å². The molecule has 6 rings (SSSR count). The first-order valence-electron chi connectivity index (χ1n) is 13.4. The number of nitrogens with zero attached hydrogens (tertiary/aromatic N) is 4. The van der Waals surface area contributed by atoms with E-state index in [1.807, 2.05) is 36.4 Å². The first-order valence-corrected chi connectivity index (χ1v) is 18.6. The van der Waals surface area contributed by atoms with Crippen LogP contribution in [0.3, 0.4) is 0 Å². The molecule has 232 valence electrons. The largest absolute Gasteiger partial charge is 0.461 e. The predicted molar refractivity (Wildman–Crippen MR) is 169 cm³/mol. The summed E-state index contributed by atoms with van der Waals surface area (Å²) in [5.41, 5.74) is 9.46. The third-order valence-electron chi connectivity index (χ3n) is 7.03. The number of aromatic nitrogens is 4. The Bertz CT molecular complexity index is 2000. The molecule has 16 heteroatoms. The summed E-state index contributed by atoms with van der Waals surface area (Å²) >= 11 is 6.75. The molecule has 4 aromatic rings. The number of sulfone groups is 2. The molecule has 1 amide bonds. The van der Waals surface area contributed by atoms with Crippen LogP contribution in [0.25, 0.3) is 11.4 Å². The molecule has 2 aliphatic heterocycles. The number of hydrogen-bond acceptors (Lipinski definition) is 9. The summed E-state index contributed by atoms with van der Waals surface area (Å²) in [4.78, 5) is 23.7. The van der Waals surface area contributed by atoms with Crippen LogP contribution in [0.15, 0.2) is 57.5 Å². The molecular formula is C28H27Br2N5O7S2. The first kappa shape index (κ1) is 32.1. The van der Waals surface area contributed by atoms with Crippen molar-refractivity contribution >= 4 is 63.4 Å². The minimum atomic E-state index is -3.19. The number of fused-ring (bicyclic) bond motifs is 2. The van der Waals surface area contributed by atoms with Gasteiger partial charge >= 0.3 is 5.97 Å². The standard InChI is InChI=1S/C15H15BrN2O4S.C13H12BrN3O3S/c1-2-22-15(19)14-12-6-7-23(20,21)9-13(12)18(17-14)11-5-3-4-10(16)8-11;14-8-2-1-3-9(6-8)17-11-7-21(19,20)5-4-10(11)12(16-17)13(15)18/h3-5,8H,2,6-7,9H2,1H3;1-3,6H,4-5,7H2,(H2,15,18). The second kappa shape index (κ2) is 12.6. The minimum absolute atomic E-state index is 0.0183. The molecule has 2 aromatic heterocycles. The Kier molecular flexibility index (Phi) is 9.16. The van der Waals surface area contributed by atoms with Crippen molar-refractivity contribution in [3.63, 3.8) is 0 Å². The maximum atomic E-state index is 12.1. The van der Waals surface area contributed by atoms with E-state index in [1.54, 1.807) is 19.1 Å². The third-order valence-corrected chi connectivity index (χ3v) is 11.1. The summed E-state index contributed by atoms with van der Waals surface area (Å²) in [5, 5.41) is 8.57. The Labute approximate surface area is 270 Å². The van der Waals surface area contributed by atoms with Crippen LogP contribution in [0.5, 0.6) is 0 Å². The zero-order valence-electron chi connectivity index (χ0n) is 23.4. The number of carbonyl (C=O) groups is 2. The van der Waals surface area contributed by atoms with Gasteiger partial charge in [0.15, 0.2) is 31.1 Å². The van der Waals surface area contributed by atoms with Crippen LogP contribution < -0.4 is 5.73 Å². The number of nitrogens with two attached hydrogens (primary N) is 1. The Morgan fingerprint density at radius 2 is 1.27 bits per heavy atom. The maximum absolute atomic E-state index is 12.1. The zero-order chi connectivity index (χ0) is 31.8. The van der Waals surface area contributed by atoms with Crippen LogP contribution >= 0.6 is 31.9 Å². The molecule has 4 heterocycles. The molecule has 0 spiro atoms. The van der Waals surface area contributed by atoms with Crippen molar-refractivity contribution in [2.45, 2.75) is 31.3 Å². The van der Waals surface area contributed by atoms with Crippen LogP contribution in [-0.4, -0.2) is 66.4 Å². The molecule has 0 atom stereocenters. The van der Waals surface area contributed by atoms with Gasteiger partial charge in [0, 0.05) is 20.1 Å². The summed E-state index contributed by atoms with van der Waals surface area (Å²) in [6.45, 7) is 1.97. The van der Waals surface area contributed by atoms with Crippen molar-refractivity contribution in [3.05, 3.63) is 91.4 Å². The van der Waals surface area contributed by atoms with Gasteiger partial charge in [-0.2, -0.15) is 10.2 Å². The lowest BCUT2D eigenvalue weighted by Gasteiger charge is -2.15. The highest BCUT2D eigenvalue weighted by molar-refractivity contribution is 9.10. The van der Waals surface area contributed by atoms with Gasteiger partial charge in [-0.05, 0) is 56.2 Å². The Balaban J connectivity index is 0.000000175. The quantitative estimate of drug-likeness (QED) is 0.298. The highest BCUT2D eigenvalue weighted by Gasteiger charge is 2.33. The summed E-state index contributed by atoms with van der Waals surface area (Å²) < 4.78 is 57.5. The Morgan fingerprint density at radius 3 is 1.70 bits per heavy atom. The molecular weight excluding hydrogens is 742 g/mol. The van der Waals surface area contributed by atoms with Crippen molar-refractivity contribution in [3.8, 4) is 11.4 Å². The number of carbonyl (C=O) groups excluding carboxylic acids is 2. The zero-order valence-corrected chi connectivity index (χ0v) is 28.2. The lowest BCUT2D eigenvalue weighted by molar-refractivity contribution is 0.0517. The fourth-order valence-corrected chi connectivity index (χ4v) is 8.59. The molecule has 0 aliphatic carbocycles. The molecule has 2 N–H and O–H groups in total. The van der Waals surface area contributed by atoms with Gasteiger partial charge < -0.3 is 10.5 Å². The number of rotatable bonds is 5. The maximum Gasteiger partial charge on any atom is 0.359 e. The molecule has 0 fully saturated rings. The number of ether oxygens (including phenoxy) is 1. The van der Waals surface area contributed by atoms with E-state index in [2.05, 4.69) is 42.1 Å². The van der Waals surface area contributed by atoms with E-state index in [1.165, 1.54) is 9.36 Å². The van der Waals surface area contributed by atoms with Gasteiger partial charge in [-0.15, -0.1) is 0 Å². The van der Waals surface area contributed by atoms with E-state index < -0.39 is 31.6 Å². The van der Waals surface area contributed by atoms with Gasteiger partial charge in [-0.3, -0.25) is 4.79 Å². The van der Waals surface area contributed by atoms with Crippen molar-refractivity contribution in [1.29, 1.82) is 0 Å². The number of primary amides is 1. The van der Waals surface area contributed by atoms with Crippen molar-refractivity contribution in [2.75, 3.05) is 18.1 Å². The van der Waals surface area contributed by atoms with Gasteiger partial charge in [0.05, 0.1) is 52.4 Å². The van der Waals surface area contributed by atoms with Gasteiger partial charge in [0.1, 0.15) is 0 Å². The average molecular weight is 769 g/mol. The first-order chi connectivity index (χ1) is 20.8. The van der Waals surface area contributed by atoms with Crippen molar-refractivity contribution in [1.82, 2.24) is 19.6 Å². The third kappa shape index (κ3) is 6.82. The molecule has 44 heavy (non-hydrogen) atoms. The number of hydrogen-bond donors (Lipinski definition) is 1. The van der Waals surface area contributed by atoms with E-state index in [9.17, 15) is 26.4 Å². The SMILES string of the molecule is CCOC(=O)c1nn(-c2cccc(Br)c2)c2c1CCS(=O)(=O)C2.NC(=O)c1nn(-c2cccc(Br)c2)c2c1CCS(=O)(=O)C2. The second-order valence-corrected chi connectivity index (χ2v) is 16.3. The van der Waals surface area contributed by atoms with E-state index in [0.29, 0.717) is 33.9 Å². The van der Waals surface area contributed by atoms with Crippen LogP contribution in [0.4, 0.5) is 0 Å². The minimum Gasteiger partial charge on any atom is -0.461 e. The molecule has 0 saturated carbocycles. The second-order valence-electron chi connectivity index (χ2n) is 10.1. The summed E-state index contributed by atoms with van der Waals surface area (Å²) in [6, 6.07) is 14.6. The monoisotopic (exact) mass is 767 g/mol. The lowest BCUT2D eigenvalue weighted by atomic mass is 10.1. The molecule has 12 nitrogen and oxygen atoms in total. The van der Waals surface area contributed by atoms with Gasteiger partial charge in [-0.25, -0.2) is 31.0 Å². The molecule has 0 unspecified atom stereocenters. The van der Waals surface area contributed by atoms with Crippen LogP contribution in [0.2, 0.25) is 0 Å². The summed E-state index contributed by atoms with van der Waals surface area (Å²) in [6.07, 6.45) is 0.545. The molecule has 0 radical (unpaired) electrons. The highest BCUT2D eigenvalue weighted by atomic mass is 79.9. The number of esters is 1. The Hall–Kier alpha value is -3.34. The van der Waals surface area contributed by atoms with Crippen LogP contribution in [0.1, 0.15) is 50.4 Å². The molecule has 2 aliphatic rings.